The molecule has 7 heteroatoms. The molecule has 2 heterocycles. The number of rotatable bonds is 3. The van der Waals surface area contributed by atoms with Gasteiger partial charge in [-0.1, -0.05) is 11.8 Å². The van der Waals surface area contributed by atoms with Crippen molar-refractivity contribution in [3.63, 3.8) is 0 Å². The van der Waals surface area contributed by atoms with Gasteiger partial charge in [0.2, 0.25) is 0 Å². The number of esters is 1. The second-order valence-corrected chi connectivity index (χ2v) is 6.51. The zero-order valence-corrected chi connectivity index (χ0v) is 12.4. The van der Waals surface area contributed by atoms with Gasteiger partial charge in [0.1, 0.15) is 16.2 Å². The van der Waals surface area contributed by atoms with E-state index >= 15 is 0 Å². The second kappa shape index (κ2) is 5.32. The topological polar surface area (TPSA) is 52.1 Å². The number of nitrogens with zero attached hydrogens (tertiary/aromatic N) is 2. The van der Waals surface area contributed by atoms with E-state index in [2.05, 4.69) is 30.6 Å². The third kappa shape index (κ3) is 2.61. The average molecular weight is 333 g/mol. The summed E-state index contributed by atoms with van der Waals surface area (Å²) in [5.41, 5.74) is 1.11. The predicted molar refractivity (Wildman–Crippen MR) is 72.6 cm³/mol. The van der Waals surface area contributed by atoms with Crippen LogP contribution in [0.15, 0.2) is 15.1 Å². The van der Waals surface area contributed by atoms with Crippen LogP contribution in [0.4, 0.5) is 0 Å². The van der Waals surface area contributed by atoms with Crippen molar-refractivity contribution in [2.24, 2.45) is 0 Å². The minimum atomic E-state index is -0.256. The summed E-state index contributed by atoms with van der Waals surface area (Å²) in [5.74, 6) is 0.00362. The normalized spacial score (nSPS) is 10.8. The molecule has 90 valence electrons. The molecule has 0 spiro atoms. The van der Waals surface area contributed by atoms with Gasteiger partial charge in [0.05, 0.1) is 16.6 Å². The SMILES string of the molecule is COC(=O)CSc1ncnc2sc(Br)c(C)c12. The van der Waals surface area contributed by atoms with Crippen molar-refractivity contribution in [1.29, 1.82) is 0 Å². The maximum absolute atomic E-state index is 11.1. The fraction of sp³-hybridized carbons (Fsp3) is 0.300. The van der Waals surface area contributed by atoms with Gasteiger partial charge in [-0.05, 0) is 28.4 Å². The highest BCUT2D eigenvalue weighted by Crippen LogP contribution is 2.37. The number of thioether (sulfide) groups is 1. The number of ether oxygens (including phenoxy) is 1. The Morgan fingerprint density at radius 3 is 3.06 bits per heavy atom. The Kier molecular flexibility index (Phi) is 4.01. The lowest BCUT2D eigenvalue weighted by Crippen LogP contribution is -2.03. The van der Waals surface area contributed by atoms with Gasteiger partial charge in [-0.2, -0.15) is 0 Å². The summed E-state index contributed by atoms with van der Waals surface area (Å²) in [6.07, 6.45) is 1.52. The van der Waals surface area contributed by atoms with Crippen molar-refractivity contribution < 1.29 is 9.53 Å². The minimum Gasteiger partial charge on any atom is -0.468 e. The third-order valence-corrected chi connectivity index (χ3v) is 5.22. The van der Waals surface area contributed by atoms with E-state index < -0.39 is 0 Å². The first kappa shape index (κ1) is 12.8. The molecule has 2 rings (SSSR count). The van der Waals surface area contributed by atoms with E-state index in [9.17, 15) is 4.79 Å². The lowest BCUT2D eigenvalue weighted by atomic mass is 10.3. The molecule has 17 heavy (non-hydrogen) atoms. The first-order valence-electron chi connectivity index (χ1n) is 4.72. The van der Waals surface area contributed by atoms with Crippen LogP contribution in [0.2, 0.25) is 0 Å². The van der Waals surface area contributed by atoms with E-state index in [4.69, 9.17) is 0 Å². The highest BCUT2D eigenvalue weighted by Gasteiger charge is 2.14. The summed E-state index contributed by atoms with van der Waals surface area (Å²) in [5, 5.41) is 1.83. The minimum absolute atomic E-state index is 0.256. The van der Waals surface area contributed by atoms with E-state index in [-0.39, 0.29) is 11.7 Å². The summed E-state index contributed by atoms with van der Waals surface area (Å²) in [6, 6.07) is 0. The van der Waals surface area contributed by atoms with Gasteiger partial charge >= 0.3 is 5.97 Å². The summed E-state index contributed by atoms with van der Waals surface area (Å²) in [7, 11) is 1.38. The largest absolute Gasteiger partial charge is 0.468 e. The molecule has 2 aromatic rings. The van der Waals surface area contributed by atoms with Crippen LogP contribution in [-0.2, 0) is 9.53 Å². The zero-order valence-electron chi connectivity index (χ0n) is 9.19. The molecule has 0 bridgehead atoms. The summed E-state index contributed by atoms with van der Waals surface area (Å²) in [4.78, 5) is 20.5. The molecule has 2 aromatic heterocycles. The fourth-order valence-electron chi connectivity index (χ4n) is 1.31. The van der Waals surface area contributed by atoms with Crippen LogP contribution in [0.5, 0.6) is 0 Å². The molecule has 0 radical (unpaired) electrons. The van der Waals surface area contributed by atoms with Crippen LogP contribution in [0.1, 0.15) is 5.56 Å². The number of thiophene rings is 1. The molecule has 0 saturated carbocycles. The van der Waals surface area contributed by atoms with Crippen LogP contribution in [0.25, 0.3) is 10.2 Å². The Labute approximate surface area is 115 Å². The van der Waals surface area contributed by atoms with Crippen molar-refractivity contribution in [3.8, 4) is 0 Å². The Bertz CT molecular complexity index is 571. The molecule has 0 saturated heterocycles. The average Bonchev–Trinajstić information content (AvgIpc) is 2.63. The maximum atomic E-state index is 11.1. The molecule has 0 N–H and O–H groups in total. The first-order chi connectivity index (χ1) is 8.13. The van der Waals surface area contributed by atoms with E-state index in [0.29, 0.717) is 0 Å². The van der Waals surface area contributed by atoms with Crippen LogP contribution < -0.4 is 0 Å². The highest BCUT2D eigenvalue weighted by molar-refractivity contribution is 9.11. The lowest BCUT2D eigenvalue weighted by molar-refractivity contribution is -0.137. The van der Waals surface area contributed by atoms with Crippen LogP contribution in [0.3, 0.4) is 0 Å². The van der Waals surface area contributed by atoms with Gasteiger partial charge in [-0.15, -0.1) is 11.3 Å². The van der Waals surface area contributed by atoms with Crippen molar-refractivity contribution >= 4 is 55.2 Å². The number of carbonyl (C=O) groups excluding carboxylic acids is 1. The van der Waals surface area contributed by atoms with E-state index in [1.165, 1.54) is 25.2 Å². The molecule has 0 aliphatic rings. The first-order valence-corrected chi connectivity index (χ1v) is 7.32. The molecule has 0 fully saturated rings. The van der Waals surface area contributed by atoms with Gasteiger partial charge < -0.3 is 4.74 Å². The van der Waals surface area contributed by atoms with E-state index in [1.807, 2.05) is 6.92 Å². The van der Waals surface area contributed by atoms with Gasteiger partial charge in [-0.3, -0.25) is 4.79 Å². The third-order valence-electron chi connectivity index (χ3n) is 2.19. The molecule has 0 aliphatic carbocycles. The number of carbonyl (C=O) groups is 1. The number of aryl methyl sites for hydroxylation is 1. The van der Waals surface area contributed by atoms with Crippen molar-refractivity contribution in [2.75, 3.05) is 12.9 Å². The second-order valence-electron chi connectivity index (χ2n) is 3.22. The Morgan fingerprint density at radius 1 is 1.59 bits per heavy atom. The molecule has 4 nitrogen and oxygen atoms in total. The van der Waals surface area contributed by atoms with Gasteiger partial charge in [0, 0.05) is 5.39 Å². The number of hydrogen-bond donors (Lipinski definition) is 0. The van der Waals surface area contributed by atoms with Crippen LogP contribution >= 0.6 is 39.0 Å². The Hall–Kier alpha value is -0.660. The van der Waals surface area contributed by atoms with Crippen LogP contribution in [0, 0.1) is 6.92 Å². The fourth-order valence-corrected chi connectivity index (χ4v) is 3.80. The monoisotopic (exact) mass is 332 g/mol. The lowest BCUT2D eigenvalue weighted by Gasteiger charge is -2.01. The van der Waals surface area contributed by atoms with Gasteiger partial charge in [-0.25, -0.2) is 9.97 Å². The summed E-state index contributed by atoms with van der Waals surface area (Å²) >= 11 is 6.43. The predicted octanol–water partition coefficient (Wildman–Crippen LogP) is 3.03. The number of aromatic nitrogens is 2. The molecular formula is C10H9BrN2O2S2. The smallest absolute Gasteiger partial charge is 0.316 e. The Morgan fingerprint density at radius 2 is 2.35 bits per heavy atom. The molecule has 0 atom stereocenters. The van der Waals surface area contributed by atoms with Gasteiger partial charge in [0.15, 0.2) is 0 Å². The van der Waals surface area contributed by atoms with Gasteiger partial charge in [0.25, 0.3) is 0 Å². The van der Waals surface area contributed by atoms with Crippen molar-refractivity contribution in [1.82, 2.24) is 9.97 Å². The quantitative estimate of drug-likeness (QED) is 0.491. The number of halogens is 1. The number of methoxy groups -OCH3 is 1. The molecule has 0 aromatic carbocycles. The number of fused-ring (bicyclic) bond motifs is 1. The molecule has 0 amide bonds. The molecular weight excluding hydrogens is 324 g/mol. The number of hydrogen-bond acceptors (Lipinski definition) is 6. The maximum Gasteiger partial charge on any atom is 0.316 e. The molecule has 0 unspecified atom stereocenters. The highest BCUT2D eigenvalue weighted by atomic mass is 79.9. The molecule has 0 aliphatic heterocycles. The van der Waals surface area contributed by atoms with E-state index in [0.717, 1.165) is 24.6 Å². The standard InChI is InChI=1S/C10H9BrN2O2S2/c1-5-7-9(16-3-6(14)15-2)12-4-13-10(7)17-8(5)11/h4H,3H2,1-2H3. The van der Waals surface area contributed by atoms with Crippen molar-refractivity contribution in [2.45, 2.75) is 11.9 Å². The zero-order chi connectivity index (χ0) is 12.4. The van der Waals surface area contributed by atoms with Crippen molar-refractivity contribution in [3.05, 3.63) is 15.7 Å². The van der Waals surface area contributed by atoms with Crippen LogP contribution in [-0.4, -0.2) is 28.8 Å². The Balaban J connectivity index is 2.37. The summed E-state index contributed by atoms with van der Waals surface area (Å²) in [6.45, 7) is 2.01. The summed E-state index contributed by atoms with van der Waals surface area (Å²) < 4.78 is 5.66. The van der Waals surface area contributed by atoms with E-state index in [1.54, 1.807) is 11.3 Å².